The minimum absolute atomic E-state index is 0.0704. The van der Waals surface area contributed by atoms with Gasteiger partial charge in [-0.1, -0.05) is 5.16 Å². The summed E-state index contributed by atoms with van der Waals surface area (Å²) in [5.74, 6) is 0.866. The van der Waals surface area contributed by atoms with Gasteiger partial charge >= 0.3 is 0 Å². The highest BCUT2D eigenvalue weighted by Crippen LogP contribution is 2.22. The molecule has 0 radical (unpaired) electrons. The lowest BCUT2D eigenvalue weighted by Gasteiger charge is -1.99. The zero-order valence-corrected chi connectivity index (χ0v) is 11.4. The number of Topliss-reactive ketones (excluding diaryl/α,β-unsaturated/α-hetero) is 1. The molecular formula is C15H15FN2O3. The smallest absolute Gasteiger partial charge is 0.227 e. The number of hydrogen-bond donors (Lipinski definition) is 0. The Hall–Kier alpha value is -2.08. The second-order valence-corrected chi connectivity index (χ2v) is 5.04. The van der Waals surface area contributed by atoms with Crippen molar-refractivity contribution >= 4 is 5.78 Å². The fraction of sp³-hybridized carbons (Fsp3) is 0.400. The summed E-state index contributed by atoms with van der Waals surface area (Å²) in [6.45, 7) is 1.34. The van der Waals surface area contributed by atoms with Crippen LogP contribution >= 0.6 is 0 Å². The molecule has 3 rings (SSSR count). The van der Waals surface area contributed by atoms with Crippen LogP contribution in [0.4, 0.5) is 4.39 Å². The third-order valence-electron chi connectivity index (χ3n) is 3.51. The first-order chi connectivity index (χ1) is 10.2. The lowest BCUT2D eigenvalue weighted by molar-refractivity contribution is 0.0979. The van der Waals surface area contributed by atoms with E-state index in [0.29, 0.717) is 30.3 Å². The van der Waals surface area contributed by atoms with E-state index in [1.165, 1.54) is 24.3 Å². The van der Waals surface area contributed by atoms with Gasteiger partial charge in [0.15, 0.2) is 11.6 Å². The molecule has 110 valence electrons. The number of ketones is 1. The number of aromatic nitrogens is 2. The molecule has 2 aromatic rings. The van der Waals surface area contributed by atoms with Crippen molar-refractivity contribution in [2.45, 2.75) is 25.2 Å². The number of carbonyl (C=O) groups is 1. The van der Waals surface area contributed by atoms with Crippen LogP contribution in [0.1, 0.15) is 40.8 Å². The Morgan fingerprint density at radius 3 is 2.86 bits per heavy atom. The molecule has 0 amide bonds. The van der Waals surface area contributed by atoms with Gasteiger partial charge in [0, 0.05) is 30.9 Å². The molecule has 0 saturated carbocycles. The van der Waals surface area contributed by atoms with Crippen molar-refractivity contribution in [3.63, 3.8) is 0 Å². The standard InChI is InChI=1S/C15H15FN2O3/c16-12-3-1-10(2-4-12)13(19)5-6-14-17-15(18-21-14)11-7-8-20-9-11/h1-4,11H,5-9H2/t11-/m0/s1. The average Bonchev–Trinajstić information content (AvgIpc) is 3.16. The monoisotopic (exact) mass is 290 g/mol. The fourth-order valence-electron chi connectivity index (χ4n) is 2.27. The normalized spacial score (nSPS) is 18.0. The Bertz CT molecular complexity index is 618. The molecule has 2 heterocycles. The van der Waals surface area contributed by atoms with Crippen LogP contribution < -0.4 is 0 Å². The highest BCUT2D eigenvalue weighted by atomic mass is 19.1. The molecule has 5 nitrogen and oxygen atoms in total. The summed E-state index contributed by atoms with van der Waals surface area (Å²) in [5, 5.41) is 3.93. The first kappa shape index (κ1) is 13.9. The Morgan fingerprint density at radius 1 is 1.33 bits per heavy atom. The van der Waals surface area contributed by atoms with Crippen molar-refractivity contribution in [2.24, 2.45) is 0 Å². The Labute approximate surface area is 121 Å². The number of carbonyl (C=O) groups excluding carboxylic acids is 1. The summed E-state index contributed by atoms with van der Waals surface area (Å²) in [5.41, 5.74) is 0.486. The number of benzene rings is 1. The number of rotatable bonds is 5. The van der Waals surface area contributed by atoms with E-state index in [2.05, 4.69) is 10.1 Å². The summed E-state index contributed by atoms with van der Waals surface area (Å²) < 4.78 is 23.2. The second kappa shape index (κ2) is 6.13. The van der Waals surface area contributed by atoms with E-state index in [4.69, 9.17) is 9.26 Å². The maximum Gasteiger partial charge on any atom is 0.227 e. The summed E-state index contributed by atoms with van der Waals surface area (Å²) in [4.78, 5) is 16.3. The summed E-state index contributed by atoms with van der Waals surface area (Å²) in [6.07, 6.45) is 1.54. The SMILES string of the molecule is O=C(CCc1nc([C@H]2CCOC2)no1)c1ccc(F)cc1. The summed E-state index contributed by atoms with van der Waals surface area (Å²) >= 11 is 0. The fourth-order valence-corrected chi connectivity index (χ4v) is 2.27. The maximum atomic E-state index is 12.8. The molecular weight excluding hydrogens is 275 g/mol. The van der Waals surface area contributed by atoms with E-state index in [1.54, 1.807) is 0 Å². The van der Waals surface area contributed by atoms with Crippen LogP contribution in [0, 0.1) is 5.82 Å². The number of ether oxygens (including phenoxy) is 1. The number of nitrogens with zero attached hydrogens (tertiary/aromatic N) is 2. The van der Waals surface area contributed by atoms with Gasteiger partial charge in [0.1, 0.15) is 5.82 Å². The van der Waals surface area contributed by atoms with Crippen LogP contribution in [0.25, 0.3) is 0 Å². The van der Waals surface area contributed by atoms with E-state index >= 15 is 0 Å². The van der Waals surface area contributed by atoms with E-state index in [9.17, 15) is 9.18 Å². The minimum Gasteiger partial charge on any atom is -0.381 e. The molecule has 21 heavy (non-hydrogen) atoms. The van der Waals surface area contributed by atoms with E-state index in [1.807, 2.05) is 0 Å². The van der Waals surface area contributed by atoms with E-state index in [0.717, 1.165) is 13.0 Å². The van der Waals surface area contributed by atoms with Gasteiger partial charge in [-0.15, -0.1) is 0 Å². The van der Waals surface area contributed by atoms with Crippen molar-refractivity contribution in [1.82, 2.24) is 10.1 Å². The summed E-state index contributed by atoms with van der Waals surface area (Å²) in [6, 6.07) is 5.51. The second-order valence-electron chi connectivity index (χ2n) is 5.04. The van der Waals surface area contributed by atoms with Crippen LogP contribution in [0.3, 0.4) is 0 Å². The largest absolute Gasteiger partial charge is 0.381 e. The van der Waals surface area contributed by atoms with Crippen LogP contribution in [0.2, 0.25) is 0 Å². The van der Waals surface area contributed by atoms with Crippen molar-refractivity contribution in [1.29, 1.82) is 0 Å². The average molecular weight is 290 g/mol. The predicted octanol–water partition coefficient (Wildman–Crippen LogP) is 2.53. The van der Waals surface area contributed by atoms with Crippen LogP contribution in [-0.4, -0.2) is 29.1 Å². The van der Waals surface area contributed by atoms with Gasteiger partial charge in [0.05, 0.1) is 6.61 Å². The van der Waals surface area contributed by atoms with Gasteiger partial charge < -0.3 is 9.26 Å². The Kier molecular flexibility index (Phi) is 4.06. The number of aryl methyl sites for hydroxylation is 1. The molecule has 0 bridgehead atoms. The zero-order valence-electron chi connectivity index (χ0n) is 11.4. The van der Waals surface area contributed by atoms with Crippen molar-refractivity contribution < 1.29 is 18.4 Å². The quantitative estimate of drug-likeness (QED) is 0.792. The molecule has 1 saturated heterocycles. The third kappa shape index (κ3) is 3.33. The minimum atomic E-state index is -0.355. The molecule has 0 aliphatic carbocycles. The topological polar surface area (TPSA) is 65.2 Å². The number of halogens is 1. The van der Waals surface area contributed by atoms with Crippen molar-refractivity contribution in [2.75, 3.05) is 13.2 Å². The van der Waals surface area contributed by atoms with Gasteiger partial charge in [-0.2, -0.15) is 4.98 Å². The Balaban J connectivity index is 1.57. The lowest BCUT2D eigenvalue weighted by atomic mass is 10.1. The van der Waals surface area contributed by atoms with Crippen molar-refractivity contribution in [3.05, 3.63) is 47.4 Å². The first-order valence-electron chi connectivity index (χ1n) is 6.91. The molecule has 6 heteroatoms. The molecule has 0 spiro atoms. The first-order valence-corrected chi connectivity index (χ1v) is 6.91. The van der Waals surface area contributed by atoms with Gasteiger partial charge in [-0.05, 0) is 30.7 Å². The number of hydrogen-bond acceptors (Lipinski definition) is 5. The highest BCUT2D eigenvalue weighted by Gasteiger charge is 2.23. The Morgan fingerprint density at radius 2 is 2.14 bits per heavy atom. The van der Waals surface area contributed by atoms with Crippen LogP contribution in [0.15, 0.2) is 28.8 Å². The molecule has 1 aromatic heterocycles. The van der Waals surface area contributed by atoms with Crippen molar-refractivity contribution in [3.8, 4) is 0 Å². The molecule has 1 aromatic carbocycles. The van der Waals surface area contributed by atoms with Gasteiger partial charge in [0.25, 0.3) is 0 Å². The third-order valence-corrected chi connectivity index (χ3v) is 3.51. The molecule has 1 atom stereocenters. The van der Waals surface area contributed by atoms with Gasteiger partial charge in [-0.3, -0.25) is 4.79 Å². The van der Waals surface area contributed by atoms with E-state index in [-0.39, 0.29) is 23.9 Å². The van der Waals surface area contributed by atoms with E-state index < -0.39 is 0 Å². The van der Waals surface area contributed by atoms with Crippen LogP contribution in [0.5, 0.6) is 0 Å². The predicted molar refractivity (Wildman–Crippen MR) is 71.5 cm³/mol. The zero-order chi connectivity index (χ0) is 14.7. The summed E-state index contributed by atoms with van der Waals surface area (Å²) in [7, 11) is 0. The molecule has 0 unspecified atom stereocenters. The maximum absolute atomic E-state index is 12.8. The van der Waals surface area contributed by atoms with Gasteiger partial charge in [0.2, 0.25) is 5.89 Å². The molecule has 1 fully saturated rings. The molecule has 1 aliphatic heterocycles. The van der Waals surface area contributed by atoms with Gasteiger partial charge in [-0.25, -0.2) is 4.39 Å². The molecule has 0 N–H and O–H groups in total. The molecule has 1 aliphatic rings. The lowest BCUT2D eigenvalue weighted by Crippen LogP contribution is -2.02. The highest BCUT2D eigenvalue weighted by molar-refractivity contribution is 5.96. The van der Waals surface area contributed by atoms with Crippen LogP contribution in [-0.2, 0) is 11.2 Å².